The van der Waals surface area contributed by atoms with Crippen molar-refractivity contribution >= 4 is 35.6 Å². The molecule has 2 aliphatic rings. The van der Waals surface area contributed by atoms with Crippen LogP contribution in [0.1, 0.15) is 17.8 Å². The van der Waals surface area contributed by atoms with Crippen molar-refractivity contribution in [2.45, 2.75) is 19.9 Å². The van der Waals surface area contributed by atoms with E-state index in [4.69, 9.17) is 9.72 Å². The largest absolute Gasteiger partial charge is 0.379 e. The van der Waals surface area contributed by atoms with Crippen molar-refractivity contribution in [2.75, 3.05) is 53.0 Å². The zero-order valence-electron chi connectivity index (χ0n) is 16.8. The van der Waals surface area contributed by atoms with Gasteiger partial charge in [-0.05, 0) is 31.4 Å². The first-order chi connectivity index (χ1) is 13.2. The van der Waals surface area contributed by atoms with Gasteiger partial charge in [-0.1, -0.05) is 6.07 Å². The quantitative estimate of drug-likeness (QED) is 0.397. The van der Waals surface area contributed by atoms with E-state index >= 15 is 0 Å². The Morgan fingerprint density at radius 2 is 2.11 bits per heavy atom. The summed E-state index contributed by atoms with van der Waals surface area (Å²) in [5.74, 6) is 1.69. The van der Waals surface area contributed by atoms with Crippen molar-refractivity contribution < 1.29 is 4.74 Å². The summed E-state index contributed by atoms with van der Waals surface area (Å²) in [7, 11) is 1.87. The first-order valence-corrected chi connectivity index (χ1v) is 9.92. The number of aliphatic imine (C=N–C) groups is 1. The van der Waals surface area contributed by atoms with E-state index in [9.17, 15) is 0 Å². The summed E-state index contributed by atoms with van der Waals surface area (Å²) in [5.41, 5.74) is 3.23. The molecule has 2 aromatic rings. The van der Waals surface area contributed by atoms with Gasteiger partial charge >= 0.3 is 0 Å². The SMILES string of the molecule is CN=C(NCc1cn2c(C)cccc2n1)N1CCC(CN2CCOCC2)C1.I. The zero-order chi connectivity index (χ0) is 18.6. The fourth-order valence-electron chi connectivity index (χ4n) is 4.11. The minimum absolute atomic E-state index is 0. The minimum atomic E-state index is 0. The fraction of sp³-hybridized carbons (Fsp3) is 0.600. The molecule has 28 heavy (non-hydrogen) atoms. The second-order valence-corrected chi connectivity index (χ2v) is 7.54. The van der Waals surface area contributed by atoms with Gasteiger partial charge in [-0.25, -0.2) is 4.98 Å². The highest BCUT2D eigenvalue weighted by atomic mass is 127. The number of hydrogen-bond donors (Lipinski definition) is 1. The molecule has 2 aromatic heterocycles. The average molecular weight is 498 g/mol. The number of aryl methyl sites for hydroxylation is 1. The second-order valence-electron chi connectivity index (χ2n) is 7.54. The van der Waals surface area contributed by atoms with E-state index in [0.29, 0.717) is 12.5 Å². The number of aromatic nitrogens is 2. The molecular formula is C20H31IN6O. The normalized spacial score (nSPS) is 21.1. The highest BCUT2D eigenvalue weighted by Gasteiger charge is 2.27. The number of imidazole rings is 1. The molecule has 0 radical (unpaired) electrons. The van der Waals surface area contributed by atoms with Crippen LogP contribution in [-0.2, 0) is 11.3 Å². The Bertz CT molecular complexity index is 801. The van der Waals surface area contributed by atoms with Crippen molar-refractivity contribution in [3.63, 3.8) is 0 Å². The van der Waals surface area contributed by atoms with Gasteiger partial charge in [-0.3, -0.25) is 9.89 Å². The lowest BCUT2D eigenvalue weighted by molar-refractivity contribution is 0.0315. The molecule has 0 amide bonds. The third kappa shape index (κ3) is 4.96. The van der Waals surface area contributed by atoms with Crippen LogP contribution in [0.15, 0.2) is 29.4 Å². The molecule has 4 rings (SSSR count). The van der Waals surface area contributed by atoms with E-state index in [-0.39, 0.29) is 24.0 Å². The van der Waals surface area contributed by atoms with E-state index in [1.165, 1.54) is 18.7 Å². The predicted molar refractivity (Wildman–Crippen MR) is 122 cm³/mol. The van der Waals surface area contributed by atoms with E-state index < -0.39 is 0 Å². The number of pyridine rings is 1. The number of ether oxygens (including phenoxy) is 1. The number of guanidine groups is 1. The molecule has 1 N–H and O–H groups in total. The third-order valence-corrected chi connectivity index (χ3v) is 5.59. The number of halogens is 1. The summed E-state index contributed by atoms with van der Waals surface area (Å²) in [6.45, 7) is 9.98. The second kappa shape index (κ2) is 9.89. The van der Waals surface area contributed by atoms with E-state index in [2.05, 4.69) is 43.7 Å². The maximum absolute atomic E-state index is 5.46. The Balaban J connectivity index is 0.00000225. The maximum Gasteiger partial charge on any atom is 0.193 e. The Morgan fingerprint density at radius 3 is 2.86 bits per heavy atom. The number of rotatable bonds is 4. The number of fused-ring (bicyclic) bond motifs is 1. The van der Waals surface area contributed by atoms with Crippen LogP contribution in [0.5, 0.6) is 0 Å². The van der Waals surface area contributed by atoms with Crippen LogP contribution >= 0.6 is 24.0 Å². The Hall–Kier alpha value is -1.39. The number of likely N-dealkylation sites (tertiary alicyclic amines) is 1. The number of morpholine rings is 1. The van der Waals surface area contributed by atoms with E-state index in [1.54, 1.807) is 0 Å². The van der Waals surface area contributed by atoms with Gasteiger partial charge in [-0.2, -0.15) is 0 Å². The van der Waals surface area contributed by atoms with Crippen molar-refractivity contribution in [2.24, 2.45) is 10.9 Å². The topological polar surface area (TPSA) is 57.4 Å². The molecule has 2 aliphatic heterocycles. The molecule has 1 atom stereocenters. The van der Waals surface area contributed by atoms with E-state index in [1.807, 2.05) is 19.2 Å². The lowest BCUT2D eigenvalue weighted by Crippen LogP contribution is -2.42. The zero-order valence-corrected chi connectivity index (χ0v) is 19.1. The fourth-order valence-corrected chi connectivity index (χ4v) is 4.11. The smallest absolute Gasteiger partial charge is 0.193 e. The lowest BCUT2D eigenvalue weighted by atomic mass is 10.1. The summed E-state index contributed by atoms with van der Waals surface area (Å²) < 4.78 is 7.59. The molecule has 0 spiro atoms. The van der Waals surface area contributed by atoms with Gasteiger partial charge in [0, 0.05) is 51.7 Å². The van der Waals surface area contributed by atoms with Crippen LogP contribution in [0, 0.1) is 12.8 Å². The Kier molecular flexibility index (Phi) is 7.53. The first kappa shape index (κ1) is 21.3. The molecule has 4 heterocycles. The van der Waals surface area contributed by atoms with Gasteiger partial charge in [0.05, 0.1) is 25.5 Å². The van der Waals surface area contributed by atoms with Crippen LogP contribution in [0.4, 0.5) is 0 Å². The van der Waals surface area contributed by atoms with Gasteiger partial charge in [0.15, 0.2) is 5.96 Å². The average Bonchev–Trinajstić information content (AvgIpc) is 3.31. The lowest BCUT2D eigenvalue weighted by Gasteiger charge is -2.29. The van der Waals surface area contributed by atoms with Crippen LogP contribution in [0.3, 0.4) is 0 Å². The maximum atomic E-state index is 5.46. The molecule has 0 aromatic carbocycles. The molecule has 0 aliphatic carbocycles. The monoisotopic (exact) mass is 498 g/mol. The molecular weight excluding hydrogens is 467 g/mol. The molecule has 2 fully saturated rings. The Labute approximate surface area is 184 Å². The summed E-state index contributed by atoms with van der Waals surface area (Å²) in [6.07, 6.45) is 3.34. The van der Waals surface area contributed by atoms with Crippen LogP contribution in [0.25, 0.3) is 5.65 Å². The van der Waals surface area contributed by atoms with Gasteiger partial charge in [0.2, 0.25) is 0 Å². The van der Waals surface area contributed by atoms with Crippen molar-refractivity contribution in [3.8, 4) is 0 Å². The van der Waals surface area contributed by atoms with Gasteiger partial charge in [-0.15, -0.1) is 24.0 Å². The highest BCUT2D eigenvalue weighted by molar-refractivity contribution is 14.0. The molecule has 8 heteroatoms. The molecule has 0 saturated carbocycles. The molecule has 0 bridgehead atoms. The predicted octanol–water partition coefficient (Wildman–Crippen LogP) is 1.99. The third-order valence-electron chi connectivity index (χ3n) is 5.59. The number of hydrogen-bond acceptors (Lipinski definition) is 4. The van der Waals surface area contributed by atoms with Gasteiger partial charge in [0.1, 0.15) is 5.65 Å². The number of nitrogens with zero attached hydrogens (tertiary/aromatic N) is 5. The summed E-state index contributed by atoms with van der Waals surface area (Å²) in [4.78, 5) is 14.1. The molecule has 1 unspecified atom stereocenters. The van der Waals surface area contributed by atoms with Crippen LogP contribution in [0.2, 0.25) is 0 Å². The molecule has 2 saturated heterocycles. The highest BCUT2D eigenvalue weighted by Crippen LogP contribution is 2.18. The van der Waals surface area contributed by atoms with Crippen LogP contribution in [-0.4, -0.2) is 78.1 Å². The van der Waals surface area contributed by atoms with Crippen LogP contribution < -0.4 is 5.32 Å². The van der Waals surface area contributed by atoms with Crippen molar-refractivity contribution in [3.05, 3.63) is 35.8 Å². The molecule has 7 nitrogen and oxygen atoms in total. The number of nitrogens with one attached hydrogen (secondary N) is 1. The van der Waals surface area contributed by atoms with Crippen molar-refractivity contribution in [1.82, 2.24) is 24.5 Å². The van der Waals surface area contributed by atoms with E-state index in [0.717, 1.165) is 56.7 Å². The standard InChI is InChI=1S/C20H30N6O.HI/c1-16-4-3-5-19-23-18(15-26(16)19)12-22-20(21-2)25-7-6-17(14-25)13-24-8-10-27-11-9-24;/h3-5,15,17H,6-14H2,1-2H3,(H,21,22);1H. The van der Waals surface area contributed by atoms with Gasteiger partial charge < -0.3 is 19.4 Å². The van der Waals surface area contributed by atoms with Crippen molar-refractivity contribution in [1.29, 1.82) is 0 Å². The minimum Gasteiger partial charge on any atom is -0.379 e. The molecule has 154 valence electrons. The first-order valence-electron chi connectivity index (χ1n) is 9.92. The summed E-state index contributed by atoms with van der Waals surface area (Å²) >= 11 is 0. The van der Waals surface area contributed by atoms with Gasteiger partial charge in [0.25, 0.3) is 0 Å². The summed E-state index contributed by atoms with van der Waals surface area (Å²) in [5, 5.41) is 3.50. The Morgan fingerprint density at radius 1 is 1.29 bits per heavy atom. The summed E-state index contributed by atoms with van der Waals surface area (Å²) in [6, 6.07) is 6.19.